The molecule has 1 rings (SSSR count). The number of rotatable bonds is 12. The van der Waals surface area contributed by atoms with Crippen LogP contribution in [-0.2, 0) is 14.2 Å². The maximum atomic E-state index is 5.65. The summed E-state index contributed by atoms with van der Waals surface area (Å²) in [7, 11) is 3.52. The van der Waals surface area contributed by atoms with E-state index in [1.807, 2.05) is 0 Å². The smallest absolute Gasteiger partial charge is 0.167 e. The molecule has 0 aromatic rings. The maximum Gasteiger partial charge on any atom is 0.167 e. The number of methoxy groups -OCH3 is 2. The summed E-state index contributed by atoms with van der Waals surface area (Å²) in [5.41, 5.74) is 0. The van der Waals surface area contributed by atoms with Gasteiger partial charge in [-0.05, 0) is 19.8 Å². The SMILES string of the molecule is CCCCCCCCC(CC1COC1)C(C)(OC)OC. The predicted molar refractivity (Wildman–Crippen MR) is 82.8 cm³/mol. The lowest BCUT2D eigenvalue weighted by Crippen LogP contribution is -2.42. The van der Waals surface area contributed by atoms with Crippen molar-refractivity contribution >= 4 is 0 Å². The van der Waals surface area contributed by atoms with Crippen LogP contribution in [0.25, 0.3) is 0 Å². The first kappa shape index (κ1) is 17.9. The quantitative estimate of drug-likeness (QED) is 0.393. The summed E-state index contributed by atoms with van der Waals surface area (Å²) in [4.78, 5) is 0. The minimum absolute atomic E-state index is 0.445. The Morgan fingerprint density at radius 3 is 2.15 bits per heavy atom. The van der Waals surface area contributed by atoms with E-state index >= 15 is 0 Å². The summed E-state index contributed by atoms with van der Waals surface area (Å²) in [5, 5.41) is 0. The van der Waals surface area contributed by atoms with Crippen molar-refractivity contribution in [3.63, 3.8) is 0 Å². The molecule has 0 aromatic carbocycles. The Bertz CT molecular complexity index is 234. The van der Waals surface area contributed by atoms with E-state index in [1.54, 1.807) is 14.2 Å². The lowest BCUT2D eigenvalue weighted by molar-refractivity contribution is -0.236. The van der Waals surface area contributed by atoms with Gasteiger partial charge >= 0.3 is 0 Å². The van der Waals surface area contributed by atoms with Crippen molar-refractivity contribution in [2.75, 3.05) is 27.4 Å². The lowest BCUT2D eigenvalue weighted by atomic mass is 9.83. The molecule has 1 unspecified atom stereocenters. The zero-order valence-corrected chi connectivity index (χ0v) is 14.0. The average molecular weight is 286 g/mol. The van der Waals surface area contributed by atoms with Crippen LogP contribution in [0.15, 0.2) is 0 Å². The second-order valence-corrected chi connectivity index (χ2v) is 6.32. The van der Waals surface area contributed by atoms with Gasteiger partial charge in [-0.3, -0.25) is 0 Å². The fourth-order valence-corrected chi connectivity index (χ4v) is 3.00. The Morgan fingerprint density at radius 1 is 1.05 bits per heavy atom. The Kier molecular flexibility index (Phi) is 8.74. The number of hydrogen-bond donors (Lipinski definition) is 0. The molecule has 0 saturated carbocycles. The van der Waals surface area contributed by atoms with Gasteiger partial charge in [0.1, 0.15) is 0 Å². The Balaban J connectivity index is 2.33. The highest BCUT2D eigenvalue weighted by Gasteiger charge is 2.36. The van der Waals surface area contributed by atoms with E-state index in [-0.39, 0.29) is 0 Å². The molecule has 120 valence electrons. The molecule has 0 aromatic heterocycles. The van der Waals surface area contributed by atoms with Crippen LogP contribution in [0.4, 0.5) is 0 Å². The summed E-state index contributed by atoms with van der Waals surface area (Å²) in [5.74, 6) is 0.723. The summed E-state index contributed by atoms with van der Waals surface area (Å²) < 4.78 is 16.6. The van der Waals surface area contributed by atoms with E-state index in [0.717, 1.165) is 19.6 Å². The van der Waals surface area contributed by atoms with E-state index in [0.29, 0.717) is 11.8 Å². The van der Waals surface area contributed by atoms with Crippen molar-refractivity contribution in [2.45, 2.75) is 71.0 Å². The van der Waals surface area contributed by atoms with Crippen molar-refractivity contribution in [3.8, 4) is 0 Å². The Labute approximate surface area is 125 Å². The molecule has 1 aliphatic rings. The summed E-state index contributed by atoms with van der Waals surface area (Å²) >= 11 is 0. The first-order valence-electron chi connectivity index (χ1n) is 8.34. The van der Waals surface area contributed by atoms with Gasteiger partial charge in [-0.1, -0.05) is 45.4 Å². The zero-order chi connectivity index (χ0) is 14.8. The van der Waals surface area contributed by atoms with Crippen molar-refractivity contribution in [1.82, 2.24) is 0 Å². The molecule has 0 radical (unpaired) electrons. The van der Waals surface area contributed by atoms with Gasteiger partial charge in [0, 0.05) is 26.1 Å². The van der Waals surface area contributed by atoms with Gasteiger partial charge in [0.15, 0.2) is 5.79 Å². The predicted octanol–water partition coefficient (Wildman–Crippen LogP) is 4.40. The summed E-state index contributed by atoms with van der Waals surface area (Å²) in [6.07, 6.45) is 10.4. The van der Waals surface area contributed by atoms with Crippen LogP contribution in [0.3, 0.4) is 0 Å². The molecule has 1 heterocycles. The largest absolute Gasteiger partial charge is 0.381 e. The molecule has 0 amide bonds. The van der Waals surface area contributed by atoms with Crippen molar-refractivity contribution in [1.29, 1.82) is 0 Å². The molecule has 1 fully saturated rings. The first-order chi connectivity index (χ1) is 9.66. The molecule has 1 aliphatic heterocycles. The van der Waals surface area contributed by atoms with Gasteiger partial charge in [-0.2, -0.15) is 0 Å². The molecule has 0 N–H and O–H groups in total. The fraction of sp³-hybridized carbons (Fsp3) is 1.00. The van der Waals surface area contributed by atoms with Crippen LogP contribution < -0.4 is 0 Å². The van der Waals surface area contributed by atoms with Crippen LogP contribution >= 0.6 is 0 Å². The van der Waals surface area contributed by atoms with Gasteiger partial charge in [0.25, 0.3) is 0 Å². The van der Waals surface area contributed by atoms with Crippen LogP contribution in [0.1, 0.15) is 65.2 Å². The summed E-state index contributed by atoms with van der Waals surface area (Å²) in [6, 6.07) is 0. The molecule has 20 heavy (non-hydrogen) atoms. The van der Waals surface area contributed by atoms with Crippen LogP contribution in [-0.4, -0.2) is 33.2 Å². The van der Waals surface area contributed by atoms with Gasteiger partial charge in [0.2, 0.25) is 0 Å². The molecule has 3 nitrogen and oxygen atoms in total. The minimum atomic E-state index is -0.445. The number of hydrogen-bond acceptors (Lipinski definition) is 3. The maximum absolute atomic E-state index is 5.65. The van der Waals surface area contributed by atoms with E-state index in [2.05, 4.69) is 13.8 Å². The molecule has 1 saturated heterocycles. The molecule has 0 aliphatic carbocycles. The topological polar surface area (TPSA) is 27.7 Å². The average Bonchev–Trinajstić information content (AvgIpc) is 2.43. The van der Waals surface area contributed by atoms with Crippen LogP contribution in [0.5, 0.6) is 0 Å². The van der Waals surface area contributed by atoms with Gasteiger partial charge in [-0.25, -0.2) is 0 Å². The Hall–Kier alpha value is -0.120. The fourth-order valence-electron chi connectivity index (χ4n) is 3.00. The Morgan fingerprint density at radius 2 is 1.65 bits per heavy atom. The van der Waals surface area contributed by atoms with Crippen LogP contribution in [0.2, 0.25) is 0 Å². The third-order valence-corrected chi connectivity index (χ3v) is 4.78. The molecule has 0 bridgehead atoms. The minimum Gasteiger partial charge on any atom is -0.381 e. The van der Waals surface area contributed by atoms with E-state index in [9.17, 15) is 0 Å². The second-order valence-electron chi connectivity index (χ2n) is 6.32. The molecule has 1 atom stereocenters. The number of ether oxygens (including phenoxy) is 3. The number of unbranched alkanes of at least 4 members (excludes halogenated alkanes) is 5. The molecule has 3 heteroatoms. The van der Waals surface area contributed by atoms with Crippen molar-refractivity contribution < 1.29 is 14.2 Å². The highest BCUT2D eigenvalue weighted by atomic mass is 16.7. The molecular formula is C17H34O3. The summed E-state index contributed by atoms with van der Waals surface area (Å²) in [6.45, 7) is 6.17. The molecule has 0 spiro atoms. The standard InChI is InChI=1S/C17H34O3/c1-5-6-7-8-9-10-11-16(12-15-13-20-14-15)17(2,18-3)19-4/h15-16H,5-14H2,1-4H3. The monoisotopic (exact) mass is 286 g/mol. The second kappa shape index (κ2) is 9.75. The van der Waals surface area contributed by atoms with Gasteiger partial charge < -0.3 is 14.2 Å². The van der Waals surface area contributed by atoms with Gasteiger partial charge in [-0.15, -0.1) is 0 Å². The van der Waals surface area contributed by atoms with E-state index < -0.39 is 5.79 Å². The van der Waals surface area contributed by atoms with E-state index in [1.165, 1.54) is 44.9 Å². The third-order valence-electron chi connectivity index (χ3n) is 4.78. The normalized spacial score (nSPS) is 18.0. The highest BCUT2D eigenvalue weighted by Crippen LogP contribution is 2.34. The van der Waals surface area contributed by atoms with Crippen molar-refractivity contribution in [2.24, 2.45) is 11.8 Å². The van der Waals surface area contributed by atoms with Gasteiger partial charge in [0.05, 0.1) is 13.2 Å². The molecular weight excluding hydrogens is 252 g/mol. The lowest BCUT2D eigenvalue weighted by Gasteiger charge is -2.39. The van der Waals surface area contributed by atoms with E-state index in [4.69, 9.17) is 14.2 Å². The zero-order valence-electron chi connectivity index (χ0n) is 14.0. The first-order valence-corrected chi connectivity index (χ1v) is 8.34. The highest BCUT2D eigenvalue weighted by molar-refractivity contribution is 4.80. The third kappa shape index (κ3) is 5.71. The van der Waals surface area contributed by atoms with Crippen LogP contribution in [0, 0.1) is 11.8 Å². The van der Waals surface area contributed by atoms with Crippen molar-refractivity contribution in [3.05, 3.63) is 0 Å².